The largest absolute Gasteiger partial charge is 0.332 e. The Kier molecular flexibility index (Phi) is 8.04. The maximum absolute atomic E-state index is 15.5. The highest BCUT2D eigenvalue weighted by Gasteiger charge is 2.40. The minimum Gasteiger partial charge on any atom is -0.332 e. The molecule has 38 heavy (non-hydrogen) atoms. The van der Waals surface area contributed by atoms with Crippen molar-refractivity contribution in [3.8, 4) is 0 Å². The summed E-state index contributed by atoms with van der Waals surface area (Å²) in [6, 6.07) is 46.4. The lowest BCUT2D eigenvalue weighted by Crippen LogP contribution is -2.25. The monoisotopic (exact) mass is 535 g/mol. The fraction of sp³-hybridized carbons (Fsp3) is 0.0312. The van der Waals surface area contributed by atoms with Gasteiger partial charge in [0.1, 0.15) is 5.66 Å². The zero-order valence-corrected chi connectivity index (χ0v) is 22.3. The first kappa shape index (κ1) is 25.5. The van der Waals surface area contributed by atoms with Crippen LogP contribution < -0.4 is 15.8 Å². The van der Waals surface area contributed by atoms with Crippen molar-refractivity contribution in [2.24, 2.45) is 5.10 Å². The molecule has 0 aliphatic heterocycles. The summed E-state index contributed by atoms with van der Waals surface area (Å²) in [4.78, 5) is 0. The van der Waals surface area contributed by atoms with Crippen molar-refractivity contribution in [2.45, 2.75) is 5.66 Å². The highest BCUT2D eigenvalue weighted by atomic mass is 35.5. The molecule has 0 unspecified atom stereocenters. The second-order valence-electron chi connectivity index (χ2n) is 8.77. The summed E-state index contributed by atoms with van der Waals surface area (Å²) in [6.07, 6.45) is 0. The van der Waals surface area contributed by atoms with Gasteiger partial charge in [-0.2, -0.15) is 5.10 Å². The van der Waals surface area contributed by atoms with Crippen molar-refractivity contribution in [3.05, 3.63) is 162 Å². The second kappa shape index (κ2) is 12.0. The molecule has 0 saturated carbocycles. The molecular weight excluding hydrogens is 509 g/mol. The van der Waals surface area contributed by atoms with Crippen LogP contribution in [0.4, 0.5) is 11.4 Å². The molecule has 0 aliphatic rings. The van der Waals surface area contributed by atoms with Gasteiger partial charge in [-0.25, -0.2) is 0 Å². The van der Waals surface area contributed by atoms with E-state index in [4.69, 9.17) is 16.7 Å². The number of nitrogens with one attached hydrogen (secondary N) is 2. The third-order valence-electron chi connectivity index (χ3n) is 6.17. The molecule has 0 radical (unpaired) electrons. The van der Waals surface area contributed by atoms with Crippen molar-refractivity contribution >= 4 is 41.3 Å². The van der Waals surface area contributed by atoms with Crippen LogP contribution in [0.15, 0.2) is 151 Å². The molecule has 0 bridgehead atoms. The normalized spacial score (nSPS) is 13.8. The Morgan fingerprint density at radius 1 is 0.632 bits per heavy atom. The van der Waals surface area contributed by atoms with Gasteiger partial charge in [0.15, 0.2) is 0 Å². The van der Waals surface area contributed by atoms with E-state index in [0.717, 1.165) is 16.8 Å². The van der Waals surface area contributed by atoms with E-state index in [-0.39, 0.29) is 0 Å². The molecule has 2 N–H and O–H groups in total. The molecule has 0 spiro atoms. The summed E-state index contributed by atoms with van der Waals surface area (Å²) >= 11 is 6.16. The lowest BCUT2D eigenvalue weighted by Gasteiger charge is -2.31. The Morgan fingerprint density at radius 2 is 1.16 bits per heavy atom. The molecule has 5 aromatic carbocycles. The number of benzene rings is 5. The topological polar surface area (TPSA) is 53.5 Å². The molecular formula is C32H27ClN3OP. The Hall–Kier alpha value is -4.11. The highest BCUT2D eigenvalue weighted by molar-refractivity contribution is 7.74. The lowest BCUT2D eigenvalue weighted by molar-refractivity contribution is 0.582. The van der Waals surface area contributed by atoms with Gasteiger partial charge in [0, 0.05) is 16.0 Å². The quantitative estimate of drug-likeness (QED) is 0.113. The number of para-hydroxylation sites is 1. The van der Waals surface area contributed by atoms with Gasteiger partial charge in [-0.1, -0.05) is 109 Å². The summed E-state index contributed by atoms with van der Waals surface area (Å²) < 4.78 is 15.5. The van der Waals surface area contributed by atoms with Gasteiger partial charge in [0.25, 0.3) is 0 Å². The first-order valence-corrected chi connectivity index (χ1v) is 14.5. The van der Waals surface area contributed by atoms with Crippen LogP contribution in [0.1, 0.15) is 16.8 Å². The first-order chi connectivity index (χ1) is 18.6. The van der Waals surface area contributed by atoms with Gasteiger partial charge >= 0.3 is 0 Å². The molecule has 0 heterocycles. The van der Waals surface area contributed by atoms with Crippen molar-refractivity contribution < 1.29 is 4.57 Å². The van der Waals surface area contributed by atoms with E-state index < -0.39 is 13.0 Å². The first-order valence-electron chi connectivity index (χ1n) is 12.3. The van der Waals surface area contributed by atoms with E-state index in [2.05, 4.69) is 10.5 Å². The number of halogens is 1. The summed E-state index contributed by atoms with van der Waals surface area (Å²) in [5, 5.41) is 9.67. The molecule has 6 heteroatoms. The fourth-order valence-corrected chi connectivity index (χ4v) is 7.32. The zero-order chi connectivity index (χ0) is 26.2. The Balaban J connectivity index is 1.74. The van der Waals surface area contributed by atoms with Crippen molar-refractivity contribution in [3.63, 3.8) is 0 Å². The Morgan fingerprint density at radius 3 is 1.76 bits per heavy atom. The van der Waals surface area contributed by atoms with Crippen molar-refractivity contribution in [1.82, 2.24) is 0 Å². The summed E-state index contributed by atoms with van der Waals surface area (Å²) in [7, 11) is -3.45. The second-order valence-corrected chi connectivity index (χ2v) is 11.8. The van der Waals surface area contributed by atoms with Crippen LogP contribution in [0.5, 0.6) is 0 Å². The van der Waals surface area contributed by atoms with E-state index in [0.29, 0.717) is 21.7 Å². The summed E-state index contributed by atoms with van der Waals surface area (Å²) in [6.45, 7) is 0. The molecule has 5 rings (SSSR count). The van der Waals surface area contributed by atoms with Gasteiger partial charge in [-0.05, 0) is 59.7 Å². The van der Waals surface area contributed by atoms with Crippen molar-refractivity contribution in [2.75, 3.05) is 10.5 Å². The maximum Gasteiger partial charge on any atom is 0.211 e. The zero-order valence-electron chi connectivity index (χ0n) is 20.6. The average molecular weight is 536 g/mol. The minimum atomic E-state index is -3.45. The third kappa shape index (κ3) is 5.89. The molecule has 0 fully saturated rings. The molecule has 2 atom stereocenters. The molecule has 188 valence electrons. The third-order valence-corrected chi connectivity index (χ3v) is 9.34. The summed E-state index contributed by atoms with van der Waals surface area (Å²) in [5.41, 5.74) is 6.58. The number of hydrogen-bond acceptors (Lipinski definition) is 3. The molecule has 0 amide bonds. The van der Waals surface area contributed by atoms with E-state index in [9.17, 15) is 0 Å². The predicted molar refractivity (Wildman–Crippen MR) is 161 cm³/mol. The van der Waals surface area contributed by atoms with Crippen LogP contribution in [0.2, 0.25) is 5.02 Å². The van der Waals surface area contributed by atoms with Crippen molar-refractivity contribution in [1.29, 1.82) is 0 Å². The molecule has 5 aromatic rings. The van der Waals surface area contributed by atoms with Gasteiger partial charge in [0.2, 0.25) is 7.29 Å². The van der Waals surface area contributed by atoms with E-state index in [1.165, 1.54) is 0 Å². The molecule has 0 aromatic heterocycles. The number of hydrazone groups is 1. The van der Waals surface area contributed by atoms with Crippen LogP contribution in [0, 0.1) is 0 Å². The van der Waals surface area contributed by atoms with Gasteiger partial charge in [-0.3, -0.25) is 9.99 Å². The molecule has 0 saturated heterocycles. The Labute approximate surface area is 228 Å². The average Bonchev–Trinajstić information content (AvgIpc) is 2.98. The maximum atomic E-state index is 15.5. The lowest BCUT2D eigenvalue weighted by atomic mass is 10.0. The number of hydrogen-bond donors (Lipinski definition) is 2. The minimum absolute atomic E-state index is 0.611. The smallest absolute Gasteiger partial charge is 0.211 e. The van der Waals surface area contributed by atoms with Crippen LogP contribution in [0.25, 0.3) is 0 Å². The molecule has 0 aliphatic carbocycles. The standard InChI is InChI=1S/C32H27ClN3OP/c33-27-21-23-29(24-22-27)36-38(37,30-19-11-4-12-20-30)32(26-15-7-2-8-16-26)31(25-13-5-1-6-14-25)35-34-28-17-9-3-10-18-28/h1-24,32,34H,(H,36,37)/b35-31-/t32-,38-/m0/s1. The number of rotatable bonds is 9. The van der Waals surface area contributed by atoms with E-state index in [1.807, 2.05) is 133 Å². The summed E-state index contributed by atoms with van der Waals surface area (Å²) in [5.74, 6) is 0. The Bertz CT molecular complexity index is 1530. The molecule has 4 nitrogen and oxygen atoms in total. The SMILES string of the molecule is O=[P@@](Nc1ccc(Cl)cc1)(c1ccccc1)[C@H](/C(=N\Nc1ccccc1)c1ccccc1)c1ccccc1. The van der Waals surface area contributed by atoms with E-state index in [1.54, 1.807) is 12.1 Å². The fourth-order valence-electron chi connectivity index (χ4n) is 4.35. The van der Waals surface area contributed by atoms with Crippen LogP contribution in [-0.4, -0.2) is 5.71 Å². The van der Waals surface area contributed by atoms with E-state index >= 15 is 4.57 Å². The van der Waals surface area contributed by atoms with Crippen LogP contribution >= 0.6 is 18.9 Å². The van der Waals surface area contributed by atoms with Crippen LogP contribution in [0.3, 0.4) is 0 Å². The number of anilines is 2. The van der Waals surface area contributed by atoms with Gasteiger partial charge < -0.3 is 5.09 Å². The highest BCUT2D eigenvalue weighted by Crippen LogP contribution is 2.59. The predicted octanol–water partition coefficient (Wildman–Crippen LogP) is 8.61. The van der Waals surface area contributed by atoms with Gasteiger partial charge in [0.05, 0.1) is 11.4 Å². The van der Waals surface area contributed by atoms with Crippen LogP contribution in [-0.2, 0) is 4.57 Å². The van der Waals surface area contributed by atoms with Gasteiger partial charge in [-0.15, -0.1) is 0 Å². The number of nitrogens with zero attached hydrogens (tertiary/aromatic N) is 1.